The molecule has 7 nitrogen and oxygen atoms in total. The molecule has 8 heteroatoms. The van der Waals surface area contributed by atoms with E-state index in [2.05, 4.69) is 20.6 Å². The first-order valence-corrected chi connectivity index (χ1v) is 10.4. The van der Waals surface area contributed by atoms with Crippen molar-refractivity contribution in [3.05, 3.63) is 58.9 Å². The molecule has 4 rings (SSSR count). The molecule has 3 aromatic heterocycles. The molecule has 162 valence electrons. The van der Waals surface area contributed by atoms with Gasteiger partial charge in [-0.3, -0.25) is 14.6 Å². The number of H-pyrrole nitrogens is 1. The molecule has 0 spiro atoms. The van der Waals surface area contributed by atoms with Gasteiger partial charge in [-0.2, -0.15) is 10.2 Å². The largest absolute Gasteiger partial charge is 0.350 e. The van der Waals surface area contributed by atoms with Crippen LogP contribution in [0.2, 0.25) is 0 Å². The fourth-order valence-electron chi connectivity index (χ4n) is 4.23. The zero-order valence-electron chi connectivity index (χ0n) is 18.5. The van der Waals surface area contributed by atoms with Gasteiger partial charge in [0.15, 0.2) is 0 Å². The summed E-state index contributed by atoms with van der Waals surface area (Å²) in [6.07, 6.45) is 2.58. The summed E-state index contributed by atoms with van der Waals surface area (Å²) in [6.45, 7) is 8.70. The highest BCUT2D eigenvalue weighted by atomic mass is 19.1. The van der Waals surface area contributed by atoms with Crippen molar-refractivity contribution < 1.29 is 9.18 Å². The second-order valence-electron chi connectivity index (χ2n) is 8.03. The number of benzene rings is 1. The van der Waals surface area contributed by atoms with E-state index in [1.54, 1.807) is 18.2 Å². The van der Waals surface area contributed by atoms with Crippen molar-refractivity contribution in [2.24, 2.45) is 7.05 Å². The smallest absolute Gasteiger partial charge is 0.269 e. The lowest BCUT2D eigenvalue weighted by atomic mass is 10.1. The number of carbonyl (C=O) groups is 1. The first-order valence-electron chi connectivity index (χ1n) is 10.4. The number of aryl methyl sites for hydroxylation is 3. The van der Waals surface area contributed by atoms with Crippen LogP contribution in [0.15, 0.2) is 30.5 Å². The molecule has 0 aliphatic heterocycles. The van der Waals surface area contributed by atoms with Gasteiger partial charge in [0.1, 0.15) is 11.5 Å². The van der Waals surface area contributed by atoms with Crippen LogP contribution < -0.4 is 5.32 Å². The van der Waals surface area contributed by atoms with E-state index in [0.717, 1.165) is 40.0 Å². The van der Waals surface area contributed by atoms with Gasteiger partial charge in [0, 0.05) is 48.0 Å². The zero-order valence-corrected chi connectivity index (χ0v) is 18.5. The second kappa shape index (κ2) is 8.02. The van der Waals surface area contributed by atoms with Gasteiger partial charge in [0.05, 0.1) is 11.4 Å². The molecular weight excluding hydrogens is 395 g/mol. The molecule has 0 bridgehead atoms. The molecule has 1 atom stereocenters. The predicted octanol–water partition coefficient (Wildman–Crippen LogP) is 3.90. The first-order chi connectivity index (χ1) is 14.8. The van der Waals surface area contributed by atoms with Crippen molar-refractivity contribution >= 4 is 16.8 Å². The van der Waals surface area contributed by atoms with Crippen molar-refractivity contribution in [1.29, 1.82) is 0 Å². The van der Waals surface area contributed by atoms with Gasteiger partial charge in [-0.25, -0.2) is 4.39 Å². The minimum Gasteiger partial charge on any atom is -0.350 e. The summed E-state index contributed by atoms with van der Waals surface area (Å²) in [7, 11) is 1.93. The molecule has 0 aliphatic carbocycles. The minimum absolute atomic E-state index is 0.139. The molecule has 3 heterocycles. The molecule has 1 amide bonds. The third-order valence-corrected chi connectivity index (χ3v) is 5.70. The van der Waals surface area contributed by atoms with Crippen molar-refractivity contribution in [2.75, 3.05) is 0 Å². The van der Waals surface area contributed by atoms with Gasteiger partial charge in [0.2, 0.25) is 0 Å². The number of hydrogen-bond acceptors (Lipinski definition) is 3. The van der Waals surface area contributed by atoms with E-state index in [0.29, 0.717) is 17.8 Å². The molecule has 0 saturated carbocycles. The van der Waals surface area contributed by atoms with E-state index in [4.69, 9.17) is 0 Å². The molecule has 0 aliphatic rings. The Morgan fingerprint density at radius 3 is 2.77 bits per heavy atom. The summed E-state index contributed by atoms with van der Waals surface area (Å²) in [6, 6.07) is 6.39. The number of nitrogens with zero attached hydrogens (tertiary/aromatic N) is 4. The van der Waals surface area contributed by atoms with E-state index in [1.807, 2.05) is 50.2 Å². The van der Waals surface area contributed by atoms with Crippen LogP contribution in [0.25, 0.3) is 22.2 Å². The average Bonchev–Trinajstić information content (AvgIpc) is 3.38. The van der Waals surface area contributed by atoms with E-state index in [9.17, 15) is 9.18 Å². The Morgan fingerprint density at radius 2 is 2.06 bits per heavy atom. The van der Waals surface area contributed by atoms with Gasteiger partial charge < -0.3 is 9.88 Å². The maximum absolute atomic E-state index is 13.7. The zero-order chi connectivity index (χ0) is 22.3. The number of rotatable bonds is 6. The highest BCUT2D eigenvalue weighted by Gasteiger charge is 2.19. The quantitative estimate of drug-likeness (QED) is 0.495. The van der Waals surface area contributed by atoms with Crippen molar-refractivity contribution in [3.63, 3.8) is 0 Å². The lowest BCUT2D eigenvalue weighted by molar-refractivity contribution is 0.0935. The number of hydrogen-bond donors (Lipinski definition) is 2. The van der Waals surface area contributed by atoms with Crippen LogP contribution in [-0.2, 0) is 20.0 Å². The van der Waals surface area contributed by atoms with Gasteiger partial charge in [-0.1, -0.05) is 0 Å². The number of amides is 1. The summed E-state index contributed by atoms with van der Waals surface area (Å²) in [5.74, 6) is -0.491. The normalized spacial score (nSPS) is 12.5. The van der Waals surface area contributed by atoms with Crippen LogP contribution in [0, 0.1) is 19.7 Å². The molecule has 0 unspecified atom stereocenters. The summed E-state index contributed by atoms with van der Waals surface area (Å²) in [5.41, 5.74) is 5.91. The van der Waals surface area contributed by atoms with E-state index >= 15 is 0 Å². The van der Waals surface area contributed by atoms with Crippen LogP contribution in [0.3, 0.4) is 0 Å². The molecule has 0 fully saturated rings. The van der Waals surface area contributed by atoms with Crippen LogP contribution in [0.1, 0.15) is 41.3 Å². The number of halogens is 1. The number of aromatic nitrogens is 5. The lowest BCUT2D eigenvalue weighted by Gasteiger charge is -2.12. The third kappa shape index (κ3) is 3.85. The fourth-order valence-corrected chi connectivity index (χ4v) is 4.23. The molecule has 31 heavy (non-hydrogen) atoms. The first kappa shape index (κ1) is 20.8. The highest BCUT2D eigenvalue weighted by Crippen LogP contribution is 2.26. The Hall–Kier alpha value is -3.42. The standard InChI is InChI=1S/C23H27FN6O/c1-6-30-15(4)22(14(3)28-30)19-11-20(27-26-19)23(31)25-13(2)9-16-12-29(5)21-8-7-17(24)10-18(16)21/h7-8,10-13H,6,9H2,1-5H3,(H,25,31)(H,26,27)/t13-/m1/s1. The fraction of sp³-hybridized carbons (Fsp3) is 0.348. The third-order valence-electron chi connectivity index (χ3n) is 5.70. The number of aromatic amines is 1. The number of carbonyl (C=O) groups excluding carboxylic acids is 1. The summed E-state index contributed by atoms with van der Waals surface area (Å²) in [4.78, 5) is 12.8. The van der Waals surface area contributed by atoms with Gasteiger partial charge in [-0.05, 0) is 63.9 Å². The topological polar surface area (TPSA) is 80.5 Å². The SMILES string of the molecule is CCn1nc(C)c(-c2cc(C(=O)N[C@H](C)Cc3cn(C)c4ccc(F)cc34)[nH]n2)c1C. The minimum atomic E-state index is -0.265. The van der Waals surface area contributed by atoms with Crippen LogP contribution >= 0.6 is 0 Å². The molecular formula is C23H27FN6O. The average molecular weight is 423 g/mol. The summed E-state index contributed by atoms with van der Waals surface area (Å²) in [5, 5.41) is 15.6. The second-order valence-corrected chi connectivity index (χ2v) is 8.03. The molecule has 0 saturated heterocycles. The summed E-state index contributed by atoms with van der Waals surface area (Å²) < 4.78 is 17.6. The Bertz CT molecular complexity index is 1260. The van der Waals surface area contributed by atoms with E-state index in [-0.39, 0.29) is 17.8 Å². The molecule has 4 aromatic rings. The molecule has 0 radical (unpaired) electrons. The number of fused-ring (bicyclic) bond motifs is 1. The van der Waals surface area contributed by atoms with Crippen molar-refractivity contribution in [1.82, 2.24) is 29.9 Å². The van der Waals surface area contributed by atoms with E-state index < -0.39 is 0 Å². The lowest BCUT2D eigenvalue weighted by Crippen LogP contribution is -2.34. The van der Waals surface area contributed by atoms with Crippen LogP contribution in [-0.4, -0.2) is 36.5 Å². The van der Waals surface area contributed by atoms with Crippen molar-refractivity contribution in [2.45, 2.75) is 46.7 Å². The van der Waals surface area contributed by atoms with Crippen LogP contribution in [0.4, 0.5) is 4.39 Å². The van der Waals surface area contributed by atoms with Gasteiger partial charge in [0.25, 0.3) is 5.91 Å². The maximum atomic E-state index is 13.7. The molecule has 1 aromatic carbocycles. The van der Waals surface area contributed by atoms with Crippen molar-refractivity contribution in [3.8, 4) is 11.3 Å². The van der Waals surface area contributed by atoms with Gasteiger partial charge in [-0.15, -0.1) is 0 Å². The Morgan fingerprint density at radius 1 is 1.29 bits per heavy atom. The van der Waals surface area contributed by atoms with Gasteiger partial charge >= 0.3 is 0 Å². The Kier molecular flexibility index (Phi) is 5.39. The predicted molar refractivity (Wildman–Crippen MR) is 118 cm³/mol. The maximum Gasteiger partial charge on any atom is 0.269 e. The molecule has 2 N–H and O–H groups in total. The summed E-state index contributed by atoms with van der Waals surface area (Å²) >= 11 is 0. The Labute approximate surface area is 180 Å². The monoisotopic (exact) mass is 422 g/mol. The van der Waals surface area contributed by atoms with E-state index in [1.165, 1.54) is 6.07 Å². The Balaban J connectivity index is 1.50. The highest BCUT2D eigenvalue weighted by molar-refractivity contribution is 5.93. The number of nitrogens with one attached hydrogen (secondary N) is 2. The van der Waals surface area contributed by atoms with Crippen LogP contribution in [0.5, 0.6) is 0 Å².